The highest BCUT2D eigenvalue weighted by Crippen LogP contribution is 2.17. The first-order valence-electron chi connectivity index (χ1n) is 7.53. The van der Waals surface area contributed by atoms with Gasteiger partial charge in [-0.15, -0.1) is 0 Å². The molecule has 1 aromatic rings. The van der Waals surface area contributed by atoms with E-state index in [1.807, 2.05) is 31.2 Å². The second-order valence-electron chi connectivity index (χ2n) is 5.53. The van der Waals surface area contributed by atoms with Gasteiger partial charge < -0.3 is 11.1 Å². The molecule has 1 aliphatic heterocycles. The van der Waals surface area contributed by atoms with Gasteiger partial charge in [0.1, 0.15) is 4.99 Å². The summed E-state index contributed by atoms with van der Waals surface area (Å²) >= 11 is 5.03. The Labute approximate surface area is 131 Å². The maximum Gasteiger partial charge on any atom is 0.241 e. The molecule has 0 radical (unpaired) electrons. The van der Waals surface area contributed by atoms with Crippen LogP contribution < -0.4 is 11.1 Å². The minimum atomic E-state index is -0.137. The molecule has 4 nitrogen and oxygen atoms in total. The van der Waals surface area contributed by atoms with Crippen molar-refractivity contribution < 1.29 is 4.79 Å². The van der Waals surface area contributed by atoms with Crippen molar-refractivity contribution in [2.24, 2.45) is 5.73 Å². The van der Waals surface area contributed by atoms with Crippen LogP contribution in [0.25, 0.3) is 0 Å². The molecule has 0 aromatic heterocycles. The quantitative estimate of drug-likeness (QED) is 0.839. The molecule has 0 bridgehead atoms. The third kappa shape index (κ3) is 4.25. The molecule has 114 valence electrons. The summed E-state index contributed by atoms with van der Waals surface area (Å²) in [5.41, 5.74) is 7.10. The number of para-hydroxylation sites is 1. The highest BCUT2D eigenvalue weighted by Gasteiger charge is 2.22. The van der Waals surface area contributed by atoms with E-state index in [4.69, 9.17) is 18.0 Å². The maximum atomic E-state index is 12.5. The fourth-order valence-corrected chi connectivity index (χ4v) is 2.87. The highest BCUT2D eigenvalue weighted by atomic mass is 32.1. The van der Waals surface area contributed by atoms with Crippen LogP contribution in [0.15, 0.2) is 24.3 Å². The topological polar surface area (TPSA) is 58.4 Å². The van der Waals surface area contributed by atoms with E-state index >= 15 is 0 Å². The van der Waals surface area contributed by atoms with E-state index in [0.717, 1.165) is 13.1 Å². The standard InChI is InChI=1S/C16H23N3OS/c1-12(19-10-6-2-3-7-11-19)16(20)18-14-9-5-4-8-13(14)15(17)21/h4-5,8-9,12H,2-3,6-7,10-11H2,1H3,(H2,17,21)(H,18,20). The number of nitrogens with two attached hydrogens (primary N) is 1. The number of rotatable bonds is 4. The van der Waals surface area contributed by atoms with Gasteiger partial charge in [-0.1, -0.05) is 37.2 Å². The molecule has 0 spiro atoms. The van der Waals surface area contributed by atoms with Crippen LogP contribution in [0.5, 0.6) is 0 Å². The predicted octanol–water partition coefficient (Wildman–Crippen LogP) is 2.52. The molecule has 0 saturated carbocycles. The second kappa shape index (κ2) is 7.52. The number of carbonyl (C=O) groups excluding carboxylic acids is 1. The normalized spacial score (nSPS) is 17.8. The zero-order chi connectivity index (χ0) is 15.2. The predicted molar refractivity (Wildman–Crippen MR) is 90.5 cm³/mol. The molecule has 3 N–H and O–H groups in total. The second-order valence-corrected chi connectivity index (χ2v) is 5.97. The zero-order valence-corrected chi connectivity index (χ0v) is 13.3. The van der Waals surface area contributed by atoms with E-state index in [9.17, 15) is 4.79 Å². The number of anilines is 1. The summed E-state index contributed by atoms with van der Waals surface area (Å²) < 4.78 is 0. The fourth-order valence-electron chi connectivity index (χ4n) is 2.69. The van der Waals surface area contributed by atoms with Crippen molar-refractivity contribution in [1.82, 2.24) is 4.90 Å². The maximum absolute atomic E-state index is 12.5. The van der Waals surface area contributed by atoms with E-state index < -0.39 is 0 Å². The van der Waals surface area contributed by atoms with Gasteiger partial charge in [-0.2, -0.15) is 0 Å². The van der Waals surface area contributed by atoms with Gasteiger partial charge in [0.15, 0.2) is 0 Å². The van der Waals surface area contributed by atoms with Gasteiger partial charge in [-0.05, 0) is 45.0 Å². The van der Waals surface area contributed by atoms with E-state index in [2.05, 4.69) is 10.2 Å². The van der Waals surface area contributed by atoms with Gasteiger partial charge in [0.05, 0.1) is 11.7 Å². The lowest BCUT2D eigenvalue weighted by atomic mass is 10.1. The number of thiocarbonyl (C=S) groups is 1. The third-order valence-corrected chi connectivity index (χ3v) is 4.24. The summed E-state index contributed by atoms with van der Waals surface area (Å²) in [7, 11) is 0. The van der Waals surface area contributed by atoms with Gasteiger partial charge in [-0.25, -0.2) is 0 Å². The summed E-state index contributed by atoms with van der Waals surface area (Å²) in [6.45, 7) is 3.95. The summed E-state index contributed by atoms with van der Waals surface area (Å²) in [6, 6.07) is 7.26. The minimum absolute atomic E-state index is 0.000556. The Hall–Kier alpha value is -1.46. The van der Waals surface area contributed by atoms with E-state index in [0.29, 0.717) is 16.2 Å². The Morgan fingerprint density at radius 2 is 1.86 bits per heavy atom. The molecule has 5 heteroatoms. The highest BCUT2D eigenvalue weighted by molar-refractivity contribution is 7.80. The van der Waals surface area contributed by atoms with E-state index in [1.165, 1.54) is 25.7 Å². The van der Waals surface area contributed by atoms with Gasteiger partial charge in [0.2, 0.25) is 5.91 Å². The van der Waals surface area contributed by atoms with Crippen LogP contribution in [-0.4, -0.2) is 34.9 Å². The average molecular weight is 305 g/mol. The van der Waals surface area contributed by atoms with Crippen molar-refractivity contribution in [2.45, 2.75) is 38.6 Å². The summed E-state index contributed by atoms with van der Waals surface area (Å²) in [6.07, 6.45) is 4.85. The van der Waals surface area contributed by atoms with Crippen molar-refractivity contribution in [1.29, 1.82) is 0 Å². The average Bonchev–Trinajstić information content (AvgIpc) is 2.75. The van der Waals surface area contributed by atoms with E-state index in [1.54, 1.807) is 0 Å². The number of nitrogens with one attached hydrogen (secondary N) is 1. The SMILES string of the molecule is CC(C(=O)Nc1ccccc1C(N)=S)N1CCCCCC1. The Bertz CT molecular complexity index is 510. The third-order valence-electron chi connectivity index (χ3n) is 4.02. The summed E-state index contributed by atoms with van der Waals surface area (Å²) in [5, 5.41) is 2.96. The molecule has 0 aliphatic carbocycles. The van der Waals surface area contributed by atoms with Crippen molar-refractivity contribution >= 4 is 28.8 Å². The number of nitrogens with zero attached hydrogens (tertiary/aromatic N) is 1. The molecular weight excluding hydrogens is 282 g/mol. The Balaban J connectivity index is 2.05. The van der Waals surface area contributed by atoms with Crippen LogP contribution in [-0.2, 0) is 4.79 Å². The number of likely N-dealkylation sites (tertiary alicyclic amines) is 1. The molecule has 1 aliphatic rings. The summed E-state index contributed by atoms with van der Waals surface area (Å²) in [4.78, 5) is 15.0. The van der Waals surface area contributed by atoms with Crippen LogP contribution >= 0.6 is 12.2 Å². The van der Waals surface area contributed by atoms with Gasteiger partial charge >= 0.3 is 0 Å². The molecule has 1 heterocycles. The first-order valence-corrected chi connectivity index (χ1v) is 7.94. The lowest BCUT2D eigenvalue weighted by molar-refractivity contribution is -0.120. The molecule has 1 amide bonds. The van der Waals surface area contributed by atoms with Crippen LogP contribution in [0.1, 0.15) is 38.2 Å². The van der Waals surface area contributed by atoms with Crippen molar-refractivity contribution in [3.8, 4) is 0 Å². The number of benzene rings is 1. The van der Waals surface area contributed by atoms with Gasteiger partial charge in [0.25, 0.3) is 0 Å². The molecule has 1 aromatic carbocycles. The molecule has 1 atom stereocenters. The largest absolute Gasteiger partial charge is 0.389 e. The molecular formula is C16H23N3OS. The zero-order valence-electron chi connectivity index (χ0n) is 12.5. The lowest BCUT2D eigenvalue weighted by Crippen LogP contribution is -2.42. The Morgan fingerprint density at radius 1 is 1.24 bits per heavy atom. The van der Waals surface area contributed by atoms with Crippen LogP contribution in [0, 0.1) is 0 Å². The van der Waals surface area contributed by atoms with Crippen LogP contribution in [0.4, 0.5) is 5.69 Å². The first kappa shape index (κ1) is 15.9. The molecule has 2 rings (SSSR count). The number of amides is 1. The van der Waals surface area contributed by atoms with Crippen molar-refractivity contribution in [3.05, 3.63) is 29.8 Å². The molecule has 1 saturated heterocycles. The Morgan fingerprint density at radius 3 is 2.48 bits per heavy atom. The first-order chi connectivity index (χ1) is 10.1. The van der Waals surface area contributed by atoms with Crippen LogP contribution in [0.3, 0.4) is 0 Å². The van der Waals surface area contributed by atoms with Gasteiger partial charge in [0, 0.05) is 5.56 Å². The number of hydrogen-bond acceptors (Lipinski definition) is 3. The van der Waals surface area contributed by atoms with E-state index in [-0.39, 0.29) is 11.9 Å². The van der Waals surface area contributed by atoms with Crippen molar-refractivity contribution in [3.63, 3.8) is 0 Å². The van der Waals surface area contributed by atoms with Gasteiger partial charge in [-0.3, -0.25) is 9.69 Å². The smallest absolute Gasteiger partial charge is 0.241 e. The number of hydrogen-bond donors (Lipinski definition) is 2. The minimum Gasteiger partial charge on any atom is -0.389 e. The molecule has 21 heavy (non-hydrogen) atoms. The monoisotopic (exact) mass is 305 g/mol. The molecule has 1 unspecified atom stereocenters. The summed E-state index contributed by atoms with van der Waals surface area (Å²) in [5.74, 6) is 0.000556. The lowest BCUT2D eigenvalue weighted by Gasteiger charge is -2.26. The fraction of sp³-hybridized carbons (Fsp3) is 0.500. The number of carbonyl (C=O) groups is 1. The Kier molecular flexibility index (Phi) is 5.70. The van der Waals surface area contributed by atoms with Crippen molar-refractivity contribution in [2.75, 3.05) is 18.4 Å². The van der Waals surface area contributed by atoms with Crippen LogP contribution in [0.2, 0.25) is 0 Å². The molecule has 1 fully saturated rings.